The molecule has 0 saturated heterocycles. The Kier molecular flexibility index (Phi) is 3.04. The minimum atomic E-state index is -1.11. The van der Waals surface area contributed by atoms with Gasteiger partial charge >= 0.3 is 5.97 Å². The molecule has 5 nitrogen and oxygen atoms in total. The summed E-state index contributed by atoms with van der Waals surface area (Å²) in [5.41, 5.74) is 0.378. The number of halogens is 1. The van der Waals surface area contributed by atoms with Crippen LogP contribution in [0.25, 0.3) is 0 Å². The predicted molar refractivity (Wildman–Crippen MR) is 56.3 cm³/mol. The van der Waals surface area contributed by atoms with Gasteiger partial charge in [-0.15, -0.1) is 0 Å². The van der Waals surface area contributed by atoms with Gasteiger partial charge in [0.2, 0.25) is 0 Å². The Bertz CT molecular complexity index is 539. The average Bonchev–Trinajstić information content (AvgIpc) is 2.74. The molecule has 0 amide bonds. The molecule has 17 heavy (non-hydrogen) atoms. The number of aromatic nitrogens is 2. The third kappa shape index (κ3) is 2.60. The second-order valence-electron chi connectivity index (χ2n) is 3.32. The number of hydrogen-bond acceptors (Lipinski definition) is 3. The van der Waals surface area contributed by atoms with Crippen molar-refractivity contribution < 1.29 is 19.0 Å². The van der Waals surface area contributed by atoms with Crippen molar-refractivity contribution in [1.82, 2.24) is 10.2 Å². The van der Waals surface area contributed by atoms with Crippen LogP contribution in [0.5, 0.6) is 5.75 Å². The van der Waals surface area contributed by atoms with Crippen LogP contribution in [0.3, 0.4) is 0 Å². The van der Waals surface area contributed by atoms with E-state index in [0.29, 0.717) is 11.3 Å². The Morgan fingerprint density at radius 1 is 1.53 bits per heavy atom. The summed E-state index contributed by atoms with van der Waals surface area (Å²) >= 11 is 0. The molecule has 0 aliphatic rings. The lowest BCUT2D eigenvalue weighted by atomic mass is 10.2. The molecule has 2 N–H and O–H groups in total. The number of nitrogens with zero attached hydrogens (tertiary/aromatic N) is 1. The molecule has 0 atom stereocenters. The monoisotopic (exact) mass is 236 g/mol. The van der Waals surface area contributed by atoms with E-state index in [9.17, 15) is 9.18 Å². The van der Waals surface area contributed by atoms with Gasteiger partial charge in [-0.25, -0.2) is 9.18 Å². The first kappa shape index (κ1) is 11.1. The third-order valence-corrected chi connectivity index (χ3v) is 2.12. The number of carboxylic acids is 1. The summed E-state index contributed by atoms with van der Waals surface area (Å²) in [4.78, 5) is 10.8. The molecule has 88 valence electrons. The number of H-pyrrole nitrogens is 1. The second kappa shape index (κ2) is 4.65. The van der Waals surface area contributed by atoms with E-state index in [0.717, 1.165) is 0 Å². The summed E-state index contributed by atoms with van der Waals surface area (Å²) in [5, 5.41) is 14.8. The fourth-order valence-corrected chi connectivity index (χ4v) is 1.32. The summed E-state index contributed by atoms with van der Waals surface area (Å²) < 4.78 is 18.1. The van der Waals surface area contributed by atoms with Crippen molar-refractivity contribution in [3.8, 4) is 5.75 Å². The SMILES string of the molecule is O=C(O)c1[nH]ncc1COc1cccc(F)c1. The summed E-state index contributed by atoms with van der Waals surface area (Å²) in [7, 11) is 0. The molecule has 1 aromatic carbocycles. The van der Waals surface area contributed by atoms with E-state index < -0.39 is 11.8 Å². The van der Waals surface area contributed by atoms with Gasteiger partial charge in [-0.05, 0) is 12.1 Å². The molecule has 0 fully saturated rings. The van der Waals surface area contributed by atoms with E-state index >= 15 is 0 Å². The Balaban J connectivity index is 2.07. The van der Waals surface area contributed by atoms with E-state index in [-0.39, 0.29) is 12.3 Å². The molecule has 2 rings (SSSR count). The van der Waals surface area contributed by atoms with Crippen LogP contribution in [0.15, 0.2) is 30.5 Å². The smallest absolute Gasteiger partial charge is 0.354 e. The van der Waals surface area contributed by atoms with Crippen molar-refractivity contribution in [2.75, 3.05) is 0 Å². The summed E-state index contributed by atoms with van der Waals surface area (Å²) in [6, 6.07) is 5.62. The number of benzene rings is 1. The Morgan fingerprint density at radius 3 is 3.06 bits per heavy atom. The van der Waals surface area contributed by atoms with Crippen LogP contribution >= 0.6 is 0 Å². The average molecular weight is 236 g/mol. The minimum absolute atomic E-state index is 0.0155. The van der Waals surface area contributed by atoms with Crippen LogP contribution in [-0.4, -0.2) is 21.3 Å². The molecule has 0 radical (unpaired) electrons. The number of hydrogen-bond donors (Lipinski definition) is 2. The number of aromatic amines is 1. The number of ether oxygens (including phenoxy) is 1. The zero-order valence-electron chi connectivity index (χ0n) is 8.68. The summed E-state index contributed by atoms with van der Waals surface area (Å²) in [5.74, 6) is -1.18. The van der Waals surface area contributed by atoms with Crippen LogP contribution in [-0.2, 0) is 6.61 Å². The van der Waals surface area contributed by atoms with Gasteiger partial charge in [0.15, 0.2) is 0 Å². The Hall–Kier alpha value is -2.37. The first-order chi connectivity index (χ1) is 8.16. The topological polar surface area (TPSA) is 75.2 Å². The largest absolute Gasteiger partial charge is 0.489 e. The number of nitrogens with one attached hydrogen (secondary N) is 1. The molecule has 6 heteroatoms. The number of carboxylic acid groups (broad SMARTS) is 1. The highest BCUT2D eigenvalue weighted by Gasteiger charge is 2.12. The minimum Gasteiger partial charge on any atom is -0.489 e. The van der Waals surface area contributed by atoms with Gasteiger partial charge in [-0.1, -0.05) is 6.07 Å². The lowest BCUT2D eigenvalue weighted by Crippen LogP contribution is -2.04. The molecular weight excluding hydrogens is 227 g/mol. The summed E-state index contributed by atoms with van der Waals surface area (Å²) in [6.07, 6.45) is 1.36. The molecule has 1 heterocycles. The van der Waals surface area contributed by atoms with Crippen LogP contribution in [0.1, 0.15) is 16.1 Å². The van der Waals surface area contributed by atoms with Crippen LogP contribution in [0.4, 0.5) is 4.39 Å². The van der Waals surface area contributed by atoms with Crippen LogP contribution in [0.2, 0.25) is 0 Å². The highest BCUT2D eigenvalue weighted by molar-refractivity contribution is 5.86. The van der Waals surface area contributed by atoms with Crippen molar-refractivity contribution in [3.05, 3.63) is 47.5 Å². The Labute approximate surface area is 95.9 Å². The van der Waals surface area contributed by atoms with Crippen molar-refractivity contribution >= 4 is 5.97 Å². The van der Waals surface area contributed by atoms with E-state index in [2.05, 4.69) is 10.2 Å². The maximum absolute atomic E-state index is 12.8. The van der Waals surface area contributed by atoms with Crippen molar-refractivity contribution in [3.63, 3.8) is 0 Å². The molecule has 2 aromatic rings. The number of aromatic carboxylic acids is 1. The van der Waals surface area contributed by atoms with Gasteiger partial charge in [0.25, 0.3) is 0 Å². The highest BCUT2D eigenvalue weighted by atomic mass is 19.1. The van der Waals surface area contributed by atoms with Gasteiger partial charge in [0.1, 0.15) is 23.9 Å². The zero-order chi connectivity index (χ0) is 12.3. The molecule has 1 aromatic heterocycles. The third-order valence-electron chi connectivity index (χ3n) is 2.12. The molecule has 0 saturated carbocycles. The standard InChI is InChI=1S/C11H9FN2O3/c12-8-2-1-3-9(4-8)17-6-7-5-13-14-10(7)11(15)16/h1-5H,6H2,(H,13,14)(H,15,16). The fourth-order valence-electron chi connectivity index (χ4n) is 1.32. The molecule has 0 unspecified atom stereocenters. The van der Waals surface area contributed by atoms with Gasteiger partial charge < -0.3 is 9.84 Å². The highest BCUT2D eigenvalue weighted by Crippen LogP contribution is 2.15. The van der Waals surface area contributed by atoms with Gasteiger partial charge in [-0.3, -0.25) is 5.10 Å². The van der Waals surface area contributed by atoms with Gasteiger partial charge in [-0.2, -0.15) is 5.10 Å². The normalized spacial score (nSPS) is 10.2. The van der Waals surface area contributed by atoms with Crippen LogP contribution in [0, 0.1) is 5.82 Å². The zero-order valence-corrected chi connectivity index (χ0v) is 8.68. The first-order valence-electron chi connectivity index (χ1n) is 4.80. The van der Waals surface area contributed by atoms with E-state index in [1.807, 2.05) is 0 Å². The molecular formula is C11H9FN2O3. The van der Waals surface area contributed by atoms with Crippen molar-refractivity contribution in [2.45, 2.75) is 6.61 Å². The maximum Gasteiger partial charge on any atom is 0.354 e. The fraction of sp³-hybridized carbons (Fsp3) is 0.0909. The molecule has 0 spiro atoms. The lowest BCUT2D eigenvalue weighted by Gasteiger charge is -2.04. The molecule has 0 aliphatic heterocycles. The summed E-state index contributed by atoms with van der Waals surface area (Å²) in [6.45, 7) is 0.0155. The van der Waals surface area contributed by atoms with E-state index in [1.165, 1.54) is 24.4 Å². The second-order valence-corrected chi connectivity index (χ2v) is 3.32. The van der Waals surface area contributed by atoms with Gasteiger partial charge in [0, 0.05) is 11.6 Å². The maximum atomic E-state index is 12.8. The molecule has 0 bridgehead atoms. The van der Waals surface area contributed by atoms with Crippen molar-refractivity contribution in [1.29, 1.82) is 0 Å². The predicted octanol–water partition coefficient (Wildman–Crippen LogP) is 1.83. The number of carbonyl (C=O) groups is 1. The van der Waals surface area contributed by atoms with Crippen molar-refractivity contribution in [2.24, 2.45) is 0 Å². The lowest BCUT2D eigenvalue weighted by molar-refractivity contribution is 0.0687. The van der Waals surface area contributed by atoms with Gasteiger partial charge in [0.05, 0.1) is 6.20 Å². The Morgan fingerprint density at radius 2 is 2.35 bits per heavy atom. The molecule has 0 aliphatic carbocycles. The van der Waals surface area contributed by atoms with E-state index in [4.69, 9.17) is 9.84 Å². The quantitative estimate of drug-likeness (QED) is 0.849. The van der Waals surface area contributed by atoms with Crippen LogP contribution < -0.4 is 4.74 Å². The number of rotatable bonds is 4. The van der Waals surface area contributed by atoms with E-state index in [1.54, 1.807) is 6.07 Å². The first-order valence-corrected chi connectivity index (χ1v) is 4.80.